The summed E-state index contributed by atoms with van der Waals surface area (Å²) in [6, 6.07) is 5.27. The van der Waals surface area contributed by atoms with Crippen molar-refractivity contribution in [3.63, 3.8) is 0 Å². The molecule has 114 valence electrons. The van der Waals surface area contributed by atoms with Crippen LogP contribution in [0.25, 0.3) is 0 Å². The number of nitrogens with one attached hydrogen (secondary N) is 1. The highest BCUT2D eigenvalue weighted by Crippen LogP contribution is 2.26. The van der Waals surface area contributed by atoms with Gasteiger partial charge in [0, 0.05) is 17.7 Å². The lowest BCUT2D eigenvalue weighted by Crippen LogP contribution is -2.23. The Morgan fingerprint density at radius 2 is 1.95 bits per heavy atom. The Balaban J connectivity index is 2.70. The van der Waals surface area contributed by atoms with Crippen molar-refractivity contribution >= 4 is 0 Å². The van der Waals surface area contributed by atoms with E-state index in [4.69, 9.17) is 4.74 Å². The summed E-state index contributed by atoms with van der Waals surface area (Å²) in [5.41, 5.74) is 0.760. The predicted molar refractivity (Wildman–Crippen MR) is 82.7 cm³/mol. The maximum atomic E-state index is 14.2. The molecule has 1 aromatic carbocycles. The van der Waals surface area contributed by atoms with Crippen LogP contribution in [0.15, 0.2) is 18.2 Å². The standard InChI is InChI=1S/C17H28FNO/c1-4-6-7-8-9-17(19-12-5-2)15-11-10-14(20-3)13-16(15)18/h10-11,13,17,19H,4-9,12H2,1-3H3. The Hall–Kier alpha value is -1.09. The van der Waals surface area contributed by atoms with Crippen LogP contribution in [0.5, 0.6) is 5.75 Å². The van der Waals surface area contributed by atoms with Gasteiger partial charge in [-0.2, -0.15) is 0 Å². The molecule has 0 fully saturated rings. The molecule has 1 atom stereocenters. The summed E-state index contributed by atoms with van der Waals surface area (Å²) in [7, 11) is 1.56. The van der Waals surface area contributed by atoms with Crippen molar-refractivity contribution in [3.05, 3.63) is 29.6 Å². The molecule has 1 N–H and O–H groups in total. The molecule has 2 nitrogen and oxygen atoms in total. The van der Waals surface area contributed by atoms with Gasteiger partial charge in [0.05, 0.1) is 7.11 Å². The van der Waals surface area contributed by atoms with Gasteiger partial charge >= 0.3 is 0 Å². The normalized spacial score (nSPS) is 12.4. The van der Waals surface area contributed by atoms with E-state index in [1.807, 2.05) is 12.1 Å². The molecule has 0 spiro atoms. The molecule has 0 saturated carbocycles. The zero-order valence-electron chi connectivity index (χ0n) is 13.0. The number of methoxy groups -OCH3 is 1. The Bertz CT molecular complexity index is 381. The topological polar surface area (TPSA) is 21.3 Å². The van der Waals surface area contributed by atoms with E-state index in [9.17, 15) is 4.39 Å². The van der Waals surface area contributed by atoms with Gasteiger partial charge in [0.1, 0.15) is 11.6 Å². The first kappa shape index (κ1) is 17.0. The lowest BCUT2D eigenvalue weighted by Gasteiger charge is -2.20. The highest BCUT2D eigenvalue weighted by Gasteiger charge is 2.15. The first-order chi connectivity index (χ1) is 9.72. The molecule has 1 unspecified atom stereocenters. The Morgan fingerprint density at radius 1 is 1.15 bits per heavy atom. The fraction of sp³-hybridized carbons (Fsp3) is 0.647. The fourth-order valence-electron chi connectivity index (χ4n) is 2.38. The van der Waals surface area contributed by atoms with Crippen molar-refractivity contribution in [2.24, 2.45) is 0 Å². The first-order valence-corrected chi connectivity index (χ1v) is 7.79. The van der Waals surface area contributed by atoms with Crippen LogP contribution in [0.4, 0.5) is 4.39 Å². The second-order valence-corrected chi connectivity index (χ2v) is 5.24. The monoisotopic (exact) mass is 281 g/mol. The number of hydrogen-bond acceptors (Lipinski definition) is 2. The number of benzene rings is 1. The van der Waals surface area contributed by atoms with Crippen molar-refractivity contribution in [2.45, 2.75) is 58.4 Å². The van der Waals surface area contributed by atoms with Crippen LogP contribution in [0, 0.1) is 5.82 Å². The molecule has 0 aliphatic rings. The molecule has 0 saturated heterocycles. The van der Waals surface area contributed by atoms with E-state index in [0.717, 1.165) is 31.4 Å². The lowest BCUT2D eigenvalue weighted by atomic mass is 9.99. The molecule has 0 aromatic heterocycles. The molecule has 1 rings (SSSR count). The fourth-order valence-corrected chi connectivity index (χ4v) is 2.38. The van der Waals surface area contributed by atoms with Crippen molar-refractivity contribution < 1.29 is 9.13 Å². The largest absolute Gasteiger partial charge is 0.497 e. The molecule has 3 heteroatoms. The lowest BCUT2D eigenvalue weighted by molar-refractivity contribution is 0.407. The molecule has 0 bridgehead atoms. The SMILES string of the molecule is CCCCCCC(NCCC)c1ccc(OC)cc1F. The van der Waals surface area contributed by atoms with Crippen LogP contribution in [-0.2, 0) is 0 Å². The van der Waals surface area contributed by atoms with E-state index in [1.54, 1.807) is 7.11 Å². The summed E-state index contributed by atoms with van der Waals surface area (Å²) in [5.74, 6) is 0.403. The number of hydrogen-bond donors (Lipinski definition) is 1. The van der Waals surface area contributed by atoms with Crippen LogP contribution >= 0.6 is 0 Å². The number of rotatable bonds is 10. The number of ether oxygens (including phenoxy) is 1. The number of unbranched alkanes of at least 4 members (excludes halogenated alkanes) is 3. The molecule has 0 heterocycles. The minimum Gasteiger partial charge on any atom is -0.497 e. The zero-order valence-corrected chi connectivity index (χ0v) is 13.0. The van der Waals surface area contributed by atoms with E-state index in [0.29, 0.717) is 5.75 Å². The Kier molecular flexibility index (Phi) is 8.28. The van der Waals surface area contributed by atoms with Gasteiger partial charge in [0.25, 0.3) is 0 Å². The van der Waals surface area contributed by atoms with Gasteiger partial charge in [-0.15, -0.1) is 0 Å². The third-order valence-corrected chi connectivity index (χ3v) is 3.57. The van der Waals surface area contributed by atoms with Gasteiger partial charge in [0.2, 0.25) is 0 Å². The van der Waals surface area contributed by atoms with Gasteiger partial charge in [-0.25, -0.2) is 4.39 Å². The first-order valence-electron chi connectivity index (χ1n) is 7.79. The average Bonchev–Trinajstić information content (AvgIpc) is 2.47. The summed E-state index contributed by atoms with van der Waals surface area (Å²) in [5, 5.41) is 3.46. The van der Waals surface area contributed by atoms with Crippen LogP contribution < -0.4 is 10.1 Å². The maximum absolute atomic E-state index is 14.2. The third-order valence-electron chi connectivity index (χ3n) is 3.57. The summed E-state index contributed by atoms with van der Waals surface area (Å²) in [4.78, 5) is 0. The van der Waals surface area contributed by atoms with Crippen LogP contribution in [0.2, 0.25) is 0 Å². The van der Waals surface area contributed by atoms with Gasteiger partial charge in [-0.05, 0) is 25.5 Å². The molecule has 0 aliphatic heterocycles. The highest BCUT2D eigenvalue weighted by molar-refractivity contribution is 5.30. The third kappa shape index (κ3) is 5.49. The van der Waals surface area contributed by atoms with Crippen molar-refractivity contribution in [2.75, 3.05) is 13.7 Å². The summed E-state index contributed by atoms with van der Waals surface area (Å²) in [6.45, 7) is 5.26. The molecular formula is C17H28FNO. The van der Waals surface area contributed by atoms with E-state index in [1.165, 1.54) is 25.3 Å². The van der Waals surface area contributed by atoms with Crippen molar-refractivity contribution in [3.8, 4) is 5.75 Å². The number of halogens is 1. The smallest absolute Gasteiger partial charge is 0.131 e. The highest BCUT2D eigenvalue weighted by atomic mass is 19.1. The summed E-state index contributed by atoms with van der Waals surface area (Å²) < 4.78 is 19.2. The summed E-state index contributed by atoms with van der Waals surface area (Å²) >= 11 is 0. The molecular weight excluding hydrogens is 253 g/mol. The van der Waals surface area contributed by atoms with E-state index < -0.39 is 0 Å². The van der Waals surface area contributed by atoms with Crippen molar-refractivity contribution in [1.29, 1.82) is 0 Å². The Morgan fingerprint density at radius 3 is 2.55 bits per heavy atom. The molecule has 1 aromatic rings. The Labute approximate surface area is 122 Å². The molecule has 20 heavy (non-hydrogen) atoms. The molecule has 0 aliphatic carbocycles. The quantitative estimate of drug-likeness (QED) is 0.619. The van der Waals surface area contributed by atoms with E-state index in [-0.39, 0.29) is 11.9 Å². The van der Waals surface area contributed by atoms with E-state index in [2.05, 4.69) is 19.2 Å². The zero-order chi connectivity index (χ0) is 14.8. The molecule has 0 amide bonds. The molecule has 0 radical (unpaired) electrons. The minimum atomic E-state index is -0.173. The van der Waals surface area contributed by atoms with Crippen molar-refractivity contribution in [1.82, 2.24) is 5.32 Å². The van der Waals surface area contributed by atoms with Crippen LogP contribution in [0.1, 0.15) is 64.0 Å². The predicted octanol–water partition coefficient (Wildman–Crippen LogP) is 4.85. The van der Waals surface area contributed by atoms with Gasteiger partial charge in [-0.3, -0.25) is 0 Å². The van der Waals surface area contributed by atoms with Crippen LogP contribution in [0.3, 0.4) is 0 Å². The second kappa shape index (κ2) is 9.76. The van der Waals surface area contributed by atoms with Gasteiger partial charge < -0.3 is 10.1 Å². The summed E-state index contributed by atoms with van der Waals surface area (Å²) in [6.07, 6.45) is 6.89. The maximum Gasteiger partial charge on any atom is 0.131 e. The van der Waals surface area contributed by atoms with Gasteiger partial charge in [-0.1, -0.05) is 45.6 Å². The average molecular weight is 281 g/mol. The van der Waals surface area contributed by atoms with Gasteiger partial charge in [0.15, 0.2) is 0 Å². The van der Waals surface area contributed by atoms with Crippen LogP contribution in [-0.4, -0.2) is 13.7 Å². The minimum absolute atomic E-state index is 0.109. The second-order valence-electron chi connectivity index (χ2n) is 5.24. The van der Waals surface area contributed by atoms with E-state index >= 15 is 0 Å².